The summed E-state index contributed by atoms with van der Waals surface area (Å²) in [6.45, 7) is 2.70. The lowest BCUT2D eigenvalue weighted by atomic mass is 10.4. The summed E-state index contributed by atoms with van der Waals surface area (Å²) >= 11 is 0. The number of nitrogens with one attached hydrogen (secondary N) is 1. The van der Waals surface area contributed by atoms with Crippen LogP contribution in [-0.4, -0.2) is 16.8 Å². The van der Waals surface area contributed by atoms with Crippen molar-refractivity contribution in [3.05, 3.63) is 22.6 Å². The van der Waals surface area contributed by atoms with Gasteiger partial charge in [-0.2, -0.15) is 5.10 Å². The second-order valence-electron chi connectivity index (χ2n) is 2.56. The molecule has 0 aliphatic rings. The maximum atomic E-state index is 11.2. The van der Waals surface area contributed by atoms with Crippen LogP contribution in [0, 0.1) is 0 Å². The van der Waals surface area contributed by atoms with Crippen molar-refractivity contribution in [2.45, 2.75) is 19.9 Å². The molecule has 1 heterocycles. The van der Waals surface area contributed by atoms with E-state index in [1.165, 1.54) is 4.68 Å². The highest BCUT2D eigenvalue weighted by atomic mass is 16.1. The number of aromatic nitrogens is 2. The molecule has 0 aliphatic carbocycles. The second kappa shape index (κ2) is 3.90. The Bertz CT molecular complexity index is 305. The monoisotopic (exact) mass is 167 g/mol. The Morgan fingerprint density at radius 2 is 2.42 bits per heavy atom. The first-order valence-corrected chi connectivity index (χ1v) is 4.03. The van der Waals surface area contributed by atoms with Gasteiger partial charge in [-0.25, -0.2) is 4.68 Å². The maximum Gasteiger partial charge on any atom is 0.268 e. The zero-order valence-electron chi connectivity index (χ0n) is 7.37. The second-order valence-corrected chi connectivity index (χ2v) is 2.56. The van der Waals surface area contributed by atoms with Gasteiger partial charge >= 0.3 is 0 Å². The summed E-state index contributed by atoms with van der Waals surface area (Å²) in [6.07, 6.45) is 2.57. The molecule has 0 saturated heterocycles. The first-order valence-electron chi connectivity index (χ1n) is 4.03. The Kier molecular flexibility index (Phi) is 2.85. The SMILES string of the molecule is CCCn1ncc(NC)cc1=O. The van der Waals surface area contributed by atoms with Crippen LogP contribution >= 0.6 is 0 Å². The van der Waals surface area contributed by atoms with Gasteiger partial charge in [0.05, 0.1) is 11.9 Å². The van der Waals surface area contributed by atoms with Crippen molar-refractivity contribution >= 4 is 5.69 Å². The first kappa shape index (κ1) is 8.77. The van der Waals surface area contributed by atoms with Crippen molar-refractivity contribution in [1.82, 2.24) is 9.78 Å². The lowest BCUT2D eigenvalue weighted by molar-refractivity contribution is 0.568. The number of nitrogens with zero attached hydrogens (tertiary/aromatic N) is 2. The minimum atomic E-state index is -0.0521. The molecule has 4 heteroatoms. The van der Waals surface area contributed by atoms with E-state index in [1.54, 1.807) is 19.3 Å². The maximum absolute atomic E-state index is 11.2. The fourth-order valence-electron chi connectivity index (χ4n) is 0.950. The summed E-state index contributed by atoms with van der Waals surface area (Å²) in [5.74, 6) is 0. The lowest BCUT2D eigenvalue weighted by Crippen LogP contribution is -2.21. The number of anilines is 1. The summed E-state index contributed by atoms with van der Waals surface area (Å²) in [4.78, 5) is 11.2. The molecule has 0 bridgehead atoms. The van der Waals surface area contributed by atoms with Gasteiger partial charge < -0.3 is 5.32 Å². The third-order valence-corrected chi connectivity index (χ3v) is 1.59. The van der Waals surface area contributed by atoms with Crippen LogP contribution in [0.5, 0.6) is 0 Å². The fourth-order valence-corrected chi connectivity index (χ4v) is 0.950. The molecule has 1 aromatic rings. The Morgan fingerprint density at radius 1 is 1.67 bits per heavy atom. The van der Waals surface area contributed by atoms with Crippen molar-refractivity contribution < 1.29 is 0 Å². The van der Waals surface area contributed by atoms with Gasteiger partial charge in [0, 0.05) is 19.7 Å². The van der Waals surface area contributed by atoms with E-state index >= 15 is 0 Å². The van der Waals surface area contributed by atoms with Crippen molar-refractivity contribution in [2.75, 3.05) is 12.4 Å². The Labute approximate surface area is 71.2 Å². The molecule has 0 radical (unpaired) electrons. The molecule has 0 spiro atoms. The highest BCUT2D eigenvalue weighted by Crippen LogP contribution is 1.96. The topological polar surface area (TPSA) is 46.9 Å². The van der Waals surface area contributed by atoms with Gasteiger partial charge in [0.1, 0.15) is 0 Å². The van der Waals surface area contributed by atoms with Crippen LogP contribution in [0.1, 0.15) is 13.3 Å². The summed E-state index contributed by atoms with van der Waals surface area (Å²) in [5, 5.41) is 6.84. The van der Waals surface area contributed by atoms with Gasteiger partial charge in [-0.1, -0.05) is 6.92 Å². The quantitative estimate of drug-likeness (QED) is 0.720. The molecule has 0 aliphatic heterocycles. The van der Waals surface area contributed by atoms with E-state index in [0.29, 0.717) is 6.54 Å². The molecule has 1 N–H and O–H groups in total. The molecule has 0 unspecified atom stereocenters. The lowest BCUT2D eigenvalue weighted by Gasteiger charge is -2.02. The van der Waals surface area contributed by atoms with Gasteiger partial charge in [0.2, 0.25) is 0 Å². The van der Waals surface area contributed by atoms with E-state index in [1.807, 2.05) is 6.92 Å². The molecule has 4 nitrogen and oxygen atoms in total. The average molecular weight is 167 g/mol. The highest BCUT2D eigenvalue weighted by Gasteiger charge is 1.96. The summed E-state index contributed by atoms with van der Waals surface area (Å²) in [7, 11) is 1.76. The fraction of sp³-hybridized carbons (Fsp3) is 0.500. The zero-order valence-corrected chi connectivity index (χ0v) is 7.37. The van der Waals surface area contributed by atoms with E-state index in [2.05, 4.69) is 10.4 Å². The third kappa shape index (κ3) is 1.84. The van der Waals surface area contributed by atoms with Crippen molar-refractivity contribution in [1.29, 1.82) is 0 Å². The van der Waals surface area contributed by atoms with E-state index in [-0.39, 0.29) is 5.56 Å². The molecule has 0 saturated carbocycles. The normalized spacial score (nSPS) is 9.83. The van der Waals surface area contributed by atoms with Crippen LogP contribution in [0.2, 0.25) is 0 Å². The van der Waals surface area contributed by atoms with Gasteiger partial charge in [-0.15, -0.1) is 0 Å². The molecular formula is C8H13N3O. The van der Waals surface area contributed by atoms with Crippen LogP contribution in [-0.2, 0) is 6.54 Å². The smallest absolute Gasteiger partial charge is 0.268 e. The summed E-state index contributed by atoms with van der Waals surface area (Å²) < 4.78 is 1.46. The van der Waals surface area contributed by atoms with Crippen molar-refractivity contribution in [3.8, 4) is 0 Å². The predicted molar refractivity (Wildman–Crippen MR) is 48.3 cm³/mol. The molecular weight excluding hydrogens is 154 g/mol. The number of hydrogen-bond donors (Lipinski definition) is 1. The van der Waals surface area contributed by atoms with Gasteiger partial charge in [0.25, 0.3) is 5.56 Å². The average Bonchev–Trinajstić information content (AvgIpc) is 2.09. The van der Waals surface area contributed by atoms with Gasteiger partial charge in [-0.3, -0.25) is 4.79 Å². The Hall–Kier alpha value is -1.32. The van der Waals surface area contributed by atoms with Crippen LogP contribution in [0.3, 0.4) is 0 Å². The molecule has 66 valence electrons. The predicted octanol–water partition coefficient (Wildman–Crippen LogP) is 0.695. The van der Waals surface area contributed by atoms with Gasteiger partial charge in [-0.05, 0) is 6.42 Å². The van der Waals surface area contributed by atoms with Crippen molar-refractivity contribution in [3.63, 3.8) is 0 Å². The van der Waals surface area contributed by atoms with E-state index in [0.717, 1.165) is 12.1 Å². The molecule has 12 heavy (non-hydrogen) atoms. The molecule has 0 atom stereocenters. The van der Waals surface area contributed by atoms with E-state index in [9.17, 15) is 4.79 Å². The number of hydrogen-bond acceptors (Lipinski definition) is 3. The minimum Gasteiger partial charge on any atom is -0.387 e. The Morgan fingerprint density at radius 3 is 2.92 bits per heavy atom. The Balaban J connectivity index is 2.96. The zero-order chi connectivity index (χ0) is 8.97. The van der Waals surface area contributed by atoms with Crippen LogP contribution < -0.4 is 10.9 Å². The molecule has 0 aromatic carbocycles. The van der Waals surface area contributed by atoms with Gasteiger partial charge in [0.15, 0.2) is 0 Å². The molecule has 0 fully saturated rings. The minimum absolute atomic E-state index is 0.0521. The van der Waals surface area contributed by atoms with Crippen LogP contribution in [0.4, 0.5) is 5.69 Å². The molecule has 1 rings (SSSR count). The molecule has 0 amide bonds. The van der Waals surface area contributed by atoms with Crippen molar-refractivity contribution in [2.24, 2.45) is 0 Å². The number of rotatable bonds is 3. The van der Waals surface area contributed by atoms with Crippen LogP contribution in [0.25, 0.3) is 0 Å². The van der Waals surface area contributed by atoms with Crippen LogP contribution in [0.15, 0.2) is 17.1 Å². The van der Waals surface area contributed by atoms with E-state index < -0.39 is 0 Å². The summed E-state index contributed by atoms with van der Waals surface area (Å²) in [5.41, 5.74) is 0.705. The third-order valence-electron chi connectivity index (χ3n) is 1.59. The summed E-state index contributed by atoms with van der Waals surface area (Å²) in [6, 6.07) is 1.54. The standard InChI is InChI=1S/C8H13N3O/c1-3-4-11-8(12)5-7(9-2)6-10-11/h5-6,9H,3-4H2,1-2H3. The first-order chi connectivity index (χ1) is 5.77. The highest BCUT2D eigenvalue weighted by molar-refractivity contribution is 5.37. The largest absolute Gasteiger partial charge is 0.387 e. The molecule has 1 aromatic heterocycles. The van der Waals surface area contributed by atoms with E-state index in [4.69, 9.17) is 0 Å². The number of aryl methyl sites for hydroxylation is 1.